The zero-order chi connectivity index (χ0) is 19.5. The monoisotopic (exact) mass is 476 g/mol. The third-order valence-corrected chi connectivity index (χ3v) is 5.19. The van der Waals surface area contributed by atoms with Crippen molar-refractivity contribution in [2.45, 2.75) is 20.8 Å². The van der Waals surface area contributed by atoms with Gasteiger partial charge in [-0.15, -0.1) is 0 Å². The van der Waals surface area contributed by atoms with Crippen molar-refractivity contribution in [3.63, 3.8) is 0 Å². The summed E-state index contributed by atoms with van der Waals surface area (Å²) >= 11 is 0. The van der Waals surface area contributed by atoms with Gasteiger partial charge in [-0.25, -0.2) is 12.1 Å². The first kappa shape index (κ1) is 27.3. The van der Waals surface area contributed by atoms with Crippen LogP contribution in [0.5, 0.6) is 0 Å². The van der Waals surface area contributed by atoms with E-state index in [2.05, 4.69) is 82.2 Å². The SMILES string of the molecule is Cc1cc(C)c(-c2c3b[c-]ccc3cc3ccccc23)c(C)c1.[Cl-].[Cl-].[Ti+4].c1cc[cH-]c1. The summed E-state index contributed by atoms with van der Waals surface area (Å²) < 4.78 is 0. The van der Waals surface area contributed by atoms with Gasteiger partial charge in [-0.1, -0.05) is 0 Å². The minimum absolute atomic E-state index is 0. The Bertz CT molecular complexity index is 1150. The van der Waals surface area contributed by atoms with Crippen LogP contribution < -0.4 is 24.8 Å². The van der Waals surface area contributed by atoms with E-state index in [-0.39, 0.29) is 46.5 Å². The second-order valence-electron chi connectivity index (χ2n) is 7.36. The Morgan fingerprint density at radius 2 is 1.39 bits per heavy atom. The molecule has 0 amide bonds. The molecule has 31 heavy (non-hydrogen) atoms. The molecule has 0 aliphatic rings. The van der Waals surface area contributed by atoms with Crippen LogP contribution in [0.15, 0.2) is 84.9 Å². The second kappa shape index (κ2) is 12.3. The number of benzene rings is 3. The molecule has 1 aromatic heterocycles. The molecular formula is C27H23BCl2Ti. The van der Waals surface area contributed by atoms with Gasteiger partial charge in [0, 0.05) is 0 Å². The van der Waals surface area contributed by atoms with Gasteiger partial charge in [-0.3, -0.25) is 0 Å². The Kier molecular flexibility index (Phi) is 10.8. The molecule has 0 atom stereocenters. The molecular weight excluding hydrogens is 454 g/mol. The Balaban J connectivity index is 0.000000534. The van der Waals surface area contributed by atoms with E-state index >= 15 is 0 Å². The van der Waals surface area contributed by atoms with Crippen LogP contribution in [0.2, 0.25) is 0 Å². The molecule has 0 saturated heterocycles. The van der Waals surface area contributed by atoms with Crippen molar-refractivity contribution >= 4 is 28.4 Å². The van der Waals surface area contributed by atoms with Crippen molar-refractivity contribution in [2.75, 3.05) is 0 Å². The Hall–Kier alpha value is -1.76. The molecule has 0 fully saturated rings. The minimum atomic E-state index is 0. The van der Waals surface area contributed by atoms with E-state index in [0.29, 0.717) is 0 Å². The average Bonchev–Trinajstić information content (AvgIpc) is 3.27. The Morgan fingerprint density at radius 1 is 0.742 bits per heavy atom. The van der Waals surface area contributed by atoms with Gasteiger partial charge < -0.3 is 24.8 Å². The number of fused-ring (bicyclic) bond motifs is 2. The largest absolute Gasteiger partial charge is 4.00 e. The van der Waals surface area contributed by atoms with Gasteiger partial charge in [-0.2, -0.15) is 18.2 Å². The molecule has 1 heterocycles. The quantitative estimate of drug-likeness (QED) is 0.193. The Labute approximate surface area is 213 Å². The molecule has 0 aliphatic heterocycles. The number of aryl methyl sites for hydroxylation is 3. The molecule has 0 spiro atoms. The van der Waals surface area contributed by atoms with Crippen LogP contribution in [0.1, 0.15) is 16.7 Å². The van der Waals surface area contributed by atoms with Gasteiger partial charge >= 0.3 is 159 Å². The van der Waals surface area contributed by atoms with Crippen LogP contribution >= 0.6 is 0 Å². The predicted octanol–water partition coefficient (Wildman–Crippen LogP) is 1.13. The molecule has 4 aromatic carbocycles. The molecule has 152 valence electrons. The van der Waals surface area contributed by atoms with Crippen LogP contribution in [0.3, 0.4) is 0 Å². The first-order valence-electron chi connectivity index (χ1n) is 9.71. The van der Waals surface area contributed by atoms with Crippen LogP contribution in [-0.2, 0) is 21.7 Å². The van der Waals surface area contributed by atoms with Gasteiger partial charge in [0.15, 0.2) is 0 Å². The minimum Gasteiger partial charge on any atom is -1.00 e. The van der Waals surface area contributed by atoms with Crippen molar-refractivity contribution in [3.05, 3.63) is 108 Å². The second-order valence-corrected chi connectivity index (χ2v) is 7.36. The van der Waals surface area contributed by atoms with Crippen LogP contribution in [0, 0.1) is 26.7 Å². The third-order valence-electron chi connectivity index (χ3n) is 5.19. The van der Waals surface area contributed by atoms with E-state index in [4.69, 9.17) is 0 Å². The summed E-state index contributed by atoms with van der Waals surface area (Å²) in [7, 11) is 0. The first-order valence-corrected chi connectivity index (χ1v) is 9.71. The fourth-order valence-electron chi connectivity index (χ4n) is 4.11. The number of halogens is 2. The van der Waals surface area contributed by atoms with E-state index in [1.807, 2.05) is 36.4 Å². The maximum atomic E-state index is 3.26. The molecule has 0 aliphatic carbocycles. The summed E-state index contributed by atoms with van der Waals surface area (Å²) in [6.45, 7) is 8.72. The zero-order valence-corrected chi connectivity index (χ0v) is 21.0. The summed E-state index contributed by atoms with van der Waals surface area (Å²) in [6, 6.07) is 29.7. The molecule has 0 nitrogen and oxygen atoms in total. The average molecular weight is 477 g/mol. The van der Waals surface area contributed by atoms with Crippen LogP contribution in [0.25, 0.3) is 32.6 Å². The van der Waals surface area contributed by atoms with Crippen LogP contribution in [-0.4, -0.2) is 6.91 Å². The fraction of sp³-hybridized carbons (Fsp3) is 0.111. The molecule has 0 bridgehead atoms. The summed E-state index contributed by atoms with van der Waals surface area (Å²) in [5.74, 6) is 3.26. The molecule has 4 heteroatoms. The van der Waals surface area contributed by atoms with Gasteiger partial charge in [0.2, 0.25) is 0 Å². The number of hydrogen-bond donors (Lipinski definition) is 0. The topological polar surface area (TPSA) is 0 Å². The molecule has 5 rings (SSSR count). The maximum absolute atomic E-state index is 3.26. The van der Waals surface area contributed by atoms with Gasteiger partial charge in [0.05, 0.1) is 0 Å². The van der Waals surface area contributed by atoms with E-state index < -0.39 is 0 Å². The number of hydrogen-bond acceptors (Lipinski definition) is 0. The van der Waals surface area contributed by atoms with Gasteiger partial charge in [-0.05, 0) is 0 Å². The Morgan fingerprint density at radius 3 is 2.00 bits per heavy atom. The molecule has 0 radical (unpaired) electrons. The molecule has 0 N–H and O–H groups in total. The van der Waals surface area contributed by atoms with Gasteiger partial charge in [0.25, 0.3) is 0 Å². The first-order chi connectivity index (χ1) is 13.6. The summed E-state index contributed by atoms with van der Waals surface area (Å²) in [6.07, 6.45) is 0. The fourth-order valence-corrected chi connectivity index (χ4v) is 4.11. The van der Waals surface area contributed by atoms with Crippen LogP contribution in [0.4, 0.5) is 0 Å². The molecule has 0 saturated carbocycles. The smallest absolute Gasteiger partial charge is 1.00 e. The summed E-state index contributed by atoms with van der Waals surface area (Å²) in [4.78, 5) is 0. The summed E-state index contributed by atoms with van der Waals surface area (Å²) in [5, 5.41) is 5.16. The normalized spacial score (nSPS) is 9.52. The zero-order valence-electron chi connectivity index (χ0n) is 17.9. The van der Waals surface area contributed by atoms with Crippen molar-refractivity contribution in [3.8, 4) is 11.1 Å². The summed E-state index contributed by atoms with van der Waals surface area (Å²) in [5.41, 5.74) is 6.69. The van der Waals surface area contributed by atoms with E-state index in [1.165, 1.54) is 49.3 Å². The molecule has 5 aromatic rings. The number of rotatable bonds is 1. The standard InChI is InChI=1S/C22H18B.C5H5.2ClH.Ti/c1-14-11-15(2)20(16(3)12-14)21-19-9-5-4-7-17(19)13-18-8-6-10-23-22(18)21;1-2-4-5-3-1;;;/h4-9,11-13H,1-3H3;1-5H;2*1H;/q2*-1;;;+4/p-2. The van der Waals surface area contributed by atoms with Gasteiger partial charge in [0.1, 0.15) is 0 Å². The van der Waals surface area contributed by atoms with Crippen molar-refractivity contribution < 1.29 is 46.5 Å². The third kappa shape index (κ3) is 5.93. The van der Waals surface area contributed by atoms with E-state index in [0.717, 1.165) is 0 Å². The van der Waals surface area contributed by atoms with Crippen molar-refractivity contribution in [2.24, 2.45) is 0 Å². The van der Waals surface area contributed by atoms with Crippen molar-refractivity contribution in [1.82, 2.24) is 0 Å². The van der Waals surface area contributed by atoms with E-state index in [1.54, 1.807) is 0 Å². The molecule has 0 unspecified atom stereocenters. The predicted molar refractivity (Wildman–Crippen MR) is 123 cm³/mol. The van der Waals surface area contributed by atoms with E-state index in [9.17, 15) is 0 Å². The van der Waals surface area contributed by atoms with Crippen molar-refractivity contribution in [1.29, 1.82) is 0 Å². The maximum Gasteiger partial charge on any atom is 4.00 e.